The molecule has 0 N–H and O–H groups in total. The molecule has 2 aromatic rings. The topological polar surface area (TPSA) is 32.8 Å². The van der Waals surface area contributed by atoms with Crippen LogP contribution in [0.3, 0.4) is 0 Å². The van der Waals surface area contributed by atoms with Crippen molar-refractivity contribution in [3.63, 3.8) is 0 Å². The van der Waals surface area contributed by atoms with Gasteiger partial charge in [0.15, 0.2) is 0 Å². The summed E-state index contributed by atoms with van der Waals surface area (Å²) in [6.45, 7) is 1.16. The molecule has 6 heteroatoms. The number of methoxy groups -OCH3 is 1. The molecular weight excluding hydrogens is 351 g/mol. The van der Waals surface area contributed by atoms with Gasteiger partial charge >= 0.3 is 0 Å². The maximum atomic E-state index is 14.0. The Balaban J connectivity index is 1.72. The molecule has 1 aliphatic rings. The van der Waals surface area contributed by atoms with Crippen LogP contribution >= 0.6 is 11.8 Å². The molecular formula is C20H23FN2O2S. The first kappa shape index (κ1) is 18.7. The molecule has 3 rings (SSSR count). The second kappa shape index (κ2) is 8.10. The van der Waals surface area contributed by atoms with E-state index in [1.807, 2.05) is 30.3 Å². The summed E-state index contributed by atoms with van der Waals surface area (Å²) in [5.74, 6) is 0.431. The van der Waals surface area contributed by atoms with Gasteiger partial charge in [-0.25, -0.2) is 4.39 Å². The fourth-order valence-electron chi connectivity index (χ4n) is 3.36. The maximum Gasteiger partial charge on any atom is 0.244 e. The summed E-state index contributed by atoms with van der Waals surface area (Å²) in [4.78, 5) is 17.5. The molecule has 0 unspecified atom stereocenters. The number of carbonyl (C=O) groups excluding carboxylic acids is 1. The quantitative estimate of drug-likeness (QED) is 0.720. The lowest BCUT2D eigenvalue weighted by molar-refractivity contribution is -0.121. The highest BCUT2D eigenvalue weighted by Gasteiger charge is 2.36. The molecule has 26 heavy (non-hydrogen) atoms. The van der Waals surface area contributed by atoms with Crippen molar-refractivity contribution in [1.82, 2.24) is 4.90 Å². The molecule has 1 aliphatic heterocycles. The van der Waals surface area contributed by atoms with E-state index in [-0.39, 0.29) is 17.8 Å². The Morgan fingerprint density at radius 3 is 2.77 bits per heavy atom. The molecule has 0 saturated carbocycles. The van der Waals surface area contributed by atoms with Crippen LogP contribution in [0.5, 0.6) is 5.75 Å². The normalized spacial score (nSPS) is 17.2. The molecule has 1 fully saturated rings. The van der Waals surface area contributed by atoms with Crippen LogP contribution in [0.25, 0.3) is 0 Å². The number of carbonyl (C=O) groups is 1. The molecule has 1 saturated heterocycles. The second-order valence-electron chi connectivity index (χ2n) is 6.35. The summed E-state index contributed by atoms with van der Waals surface area (Å²) >= 11 is 1.64. The predicted molar refractivity (Wildman–Crippen MR) is 103 cm³/mol. The van der Waals surface area contributed by atoms with Gasteiger partial charge in [-0.05, 0) is 49.6 Å². The highest BCUT2D eigenvalue weighted by molar-refractivity contribution is 7.98. The van der Waals surface area contributed by atoms with E-state index in [1.54, 1.807) is 42.0 Å². The second-order valence-corrected chi connectivity index (χ2v) is 7.20. The van der Waals surface area contributed by atoms with Gasteiger partial charge in [-0.3, -0.25) is 9.69 Å². The number of thioether (sulfide) groups is 1. The monoisotopic (exact) mass is 374 g/mol. The number of ether oxygens (including phenoxy) is 1. The van der Waals surface area contributed by atoms with Crippen molar-refractivity contribution in [3.05, 3.63) is 53.8 Å². The van der Waals surface area contributed by atoms with Gasteiger partial charge in [0.2, 0.25) is 5.91 Å². The predicted octanol–water partition coefficient (Wildman–Crippen LogP) is 3.79. The van der Waals surface area contributed by atoms with E-state index in [0.29, 0.717) is 25.2 Å². The largest absolute Gasteiger partial charge is 0.496 e. The van der Waals surface area contributed by atoms with E-state index in [9.17, 15) is 9.18 Å². The number of likely N-dealkylation sites (N-methyl/N-ethyl adjacent to an activating group) is 1. The summed E-state index contributed by atoms with van der Waals surface area (Å²) in [6.07, 6.45) is 2.70. The molecule has 0 radical (unpaired) electrons. The zero-order chi connectivity index (χ0) is 18.7. The van der Waals surface area contributed by atoms with Crippen LogP contribution in [0.1, 0.15) is 12.0 Å². The lowest BCUT2D eigenvalue weighted by Crippen LogP contribution is -2.39. The zero-order valence-electron chi connectivity index (χ0n) is 15.2. The van der Waals surface area contributed by atoms with Crippen LogP contribution in [0.15, 0.2) is 47.4 Å². The first-order valence-corrected chi connectivity index (χ1v) is 9.74. The first-order valence-electron chi connectivity index (χ1n) is 8.52. The third-order valence-electron chi connectivity index (χ3n) is 4.73. The van der Waals surface area contributed by atoms with E-state index >= 15 is 0 Å². The number of benzene rings is 2. The summed E-state index contributed by atoms with van der Waals surface area (Å²) in [5.41, 5.74) is 1.44. The van der Waals surface area contributed by atoms with Gasteiger partial charge in [-0.2, -0.15) is 0 Å². The van der Waals surface area contributed by atoms with Crippen LogP contribution in [0.4, 0.5) is 10.1 Å². The number of nitrogens with zero attached hydrogens (tertiary/aromatic N) is 2. The van der Waals surface area contributed by atoms with Crippen molar-refractivity contribution < 1.29 is 13.9 Å². The minimum Gasteiger partial charge on any atom is -0.496 e. The maximum absolute atomic E-state index is 14.0. The van der Waals surface area contributed by atoms with Gasteiger partial charge in [-0.1, -0.05) is 18.2 Å². The standard InChI is InChI=1S/C20H23FN2O2S/c1-22(13-14-8-9-19(26-3)18(12-14)25-2)17-10-11-23(20(17)24)16-7-5-4-6-15(16)21/h4-9,12,17H,10-11,13H2,1-3H3/t17-/m0/s1. The van der Waals surface area contributed by atoms with Crippen molar-refractivity contribution in [2.75, 3.05) is 31.9 Å². The van der Waals surface area contributed by atoms with Crippen LogP contribution in [-0.2, 0) is 11.3 Å². The molecule has 1 amide bonds. The van der Waals surface area contributed by atoms with Gasteiger partial charge in [0, 0.05) is 18.0 Å². The zero-order valence-corrected chi connectivity index (χ0v) is 16.1. The number of anilines is 1. The molecule has 1 heterocycles. The first-order chi connectivity index (χ1) is 12.5. The summed E-state index contributed by atoms with van der Waals surface area (Å²) in [7, 11) is 3.59. The molecule has 2 aromatic carbocycles. The third-order valence-corrected chi connectivity index (χ3v) is 5.51. The smallest absolute Gasteiger partial charge is 0.244 e. The van der Waals surface area contributed by atoms with Gasteiger partial charge in [0.1, 0.15) is 11.6 Å². The number of hydrogen-bond acceptors (Lipinski definition) is 4. The fraction of sp³-hybridized carbons (Fsp3) is 0.350. The van der Waals surface area contributed by atoms with E-state index in [4.69, 9.17) is 4.74 Å². The van der Waals surface area contributed by atoms with Crippen molar-refractivity contribution in [3.8, 4) is 5.75 Å². The number of halogens is 1. The summed E-state index contributed by atoms with van der Waals surface area (Å²) in [5, 5.41) is 0. The van der Waals surface area contributed by atoms with Crippen LogP contribution in [0.2, 0.25) is 0 Å². The van der Waals surface area contributed by atoms with Crippen LogP contribution in [0, 0.1) is 5.82 Å². The molecule has 4 nitrogen and oxygen atoms in total. The number of amides is 1. The van der Waals surface area contributed by atoms with Gasteiger partial charge in [-0.15, -0.1) is 11.8 Å². The number of hydrogen-bond donors (Lipinski definition) is 0. The average molecular weight is 374 g/mol. The van der Waals surface area contributed by atoms with Crippen molar-refractivity contribution in [2.24, 2.45) is 0 Å². The Labute approximate surface area is 157 Å². The Bertz CT molecular complexity index is 799. The Morgan fingerprint density at radius 1 is 1.31 bits per heavy atom. The Kier molecular flexibility index (Phi) is 5.84. The molecule has 1 atom stereocenters. The highest BCUT2D eigenvalue weighted by Crippen LogP contribution is 2.30. The van der Waals surface area contributed by atoms with E-state index < -0.39 is 0 Å². The van der Waals surface area contributed by atoms with Gasteiger partial charge < -0.3 is 9.64 Å². The highest BCUT2D eigenvalue weighted by atomic mass is 32.2. The third kappa shape index (κ3) is 3.71. The SMILES string of the molecule is COc1cc(CN(C)[C@H]2CCN(c3ccccc3F)C2=O)ccc1SC. The molecule has 0 spiro atoms. The molecule has 0 bridgehead atoms. The molecule has 0 aromatic heterocycles. The summed E-state index contributed by atoms with van der Waals surface area (Å²) < 4.78 is 19.5. The van der Waals surface area contributed by atoms with E-state index in [0.717, 1.165) is 16.2 Å². The van der Waals surface area contributed by atoms with Crippen LogP contribution < -0.4 is 9.64 Å². The van der Waals surface area contributed by atoms with Gasteiger partial charge in [0.25, 0.3) is 0 Å². The van der Waals surface area contributed by atoms with Crippen molar-refractivity contribution in [1.29, 1.82) is 0 Å². The number of para-hydroxylation sites is 1. The van der Waals surface area contributed by atoms with Crippen molar-refractivity contribution in [2.45, 2.75) is 23.9 Å². The van der Waals surface area contributed by atoms with Gasteiger partial charge in [0.05, 0.1) is 18.8 Å². The lowest BCUT2D eigenvalue weighted by Gasteiger charge is -2.24. The fourth-order valence-corrected chi connectivity index (χ4v) is 3.91. The average Bonchev–Trinajstić information content (AvgIpc) is 3.03. The minimum atomic E-state index is -0.360. The van der Waals surface area contributed by atoms with E-state index in [2.05, 4.69) is 6.07 Å². The Hall–Kier alpha value is -2.05. The van der Waals surface area contributed by atoms with Crippen molar-refractivity contribution >= 4 is 23.4 Å². The minimum absolute atomic E-state index is 0.0506. The summed E-state index contributed by atoms with van der Waals surface area (Å²) in [6, 6.07) is 12.3. The molecule has 138 valence electrons. The Morgan fingerprint density at radius 2 is 2.08 bits per heavy atom. The van der Waals surface area contributed by atoms with E-state index in [1.165, 1.54) is 6.07 Å². The van der Waals surface area contributed by atoms with Crippen LogP contribution in [-0.4, -0.2) is 43.8 Å². The lowest BCUT2D eigenvalue weighted by atomic mass is 10.1. The number of rotatable bonds is 6. The molecule has 0 aliphatic carbocycles.